The minimum Gasteiger partial charge on any atom is -0.315 e. The van der Waals surface area contributed by atoms with Gasteiger partial charge in [-0.05, 0) is 51.0 Å². The SMILES string of the molecule is CCCn1c(C(CC)N(CC)C(=O)Nc2ccc(C)cc2)nc2ccccc2c1=O. The number of hydrogen-bond donors (Lipinski definition) is 1. The van der Waals surface area contributed by atoms with Crippen molar-refractivity contribution in [2.45, 2.75) is 53.1 Å². The summed E-state index contributed by atoms with van der Waals surface area (Å²) < 4.78 is 1.73. The first-order chi connectivity index (χ1) is 14.5. The molecule has 6 nitrogen and oxygen atoms in total. The molecule has 1 heterocycles. The van der Waals surface area contributed by atoms with Crippen LogP contribution in [0.25, 0.3) is 10.9 Å². The molecule has 0 bridgehead atoms. The predicted octanol–water partition coefficient (Wildman–Crippen LogP) is 5.12. The normalized spacial score (nSPS) is 12.0. The van der Waals surface area contributed by atoms with E-state index in [2.05, 4.69) is 5.32 Å². The molecule has 0 spiro atoms. The molecule has 0 fully saturated rings. The van der Waals surface area contributed by atoms with Crippen molar-refractivity contribution in [2.24, 2.45) is 0 Å². The van der Waals surface area contributed by atoms with Gasteiger partial charge in [-0.3, -0.25) is 9.36 Å². The zero-order chi connectivity index (χ0) is 21.7. The zero-order valence-corrected chi connectivity index (χ0v) is 18.2. The van der Waals surface area contributed by atoms with Crippen molar-refractivity contribution in [1.29, 1.82) is 0 Å². The van der Waals surface area contributed by atoms with Crippen LogP contribution in [0.5, 0.6) is 0 Å². The van der Waals surface area contributed by atoms with Gasteiger partial charge in [-0.25, -0.2) is 9.78 Å². The Morgan fingerprint density at radius 1 is 1.10 bits per heavy atom. The quantitative estimate of drug-likeness (QED) is 0.592. The average molecular weight is 407 g/mol. The molecule has 158 valence electrons. The summed E-state index contributed by atoms with van der Waals surface area (Å²) in [5.41, 5.74) is 2.50. The van der Waals surface area contributed by atoms with Crippen molar-refractivity contribution in [1.82, 2.24) is 14.5 Å². The van der Waals surface area contributed by atoms with E-state index in [0.717, 1.165) is 17.7 Å². The molecule has 1 aromatic heterocycles. The number of carbonyl (C=O) groups is 1. The Kier molecular flexibility index (Phi) is 6.87. The number of aromatic nitrogens is 2. The fraction of sp³-hybridized carbons (Fsp3) is 0.375. The van der Waals surface area contributed by atoms with E-state index in [0.29, 0.717) is 36.2 Å². The standard InChI is InChI=1S/C24H30N4O2/c1-5-16-28-22(26-20-11-9-8-10-19(20)23(28)29)21(6-2)27(7-3)24(30)25-18-14-12-17(4)13-15-18/h8-15,21H,5-7,16H2,1-4H3,(H,25,30). The number of fused-ring (bicyclic) bond motifs is 1. The minimum absolute atomic E-state index is 0.0501. The number of aryl methyl sites for hydroxylation is 1. The largest absolute Gasteiger partial charge is 0.322 e. The Hall–Kier alpha value is -3.15. The lowest BCUT2D eigenvalue weighted by molar-refractivity contribution is 0.184. The third-order valence-corrected chi connectivity index (χ3v) is 5.30. The molecule has 0 radical (unpaired) electrons. The van der Waals surface area contributed by atoms with Crippen LogP contribution in [0.1, 0.15) is 51.0 Å². The molecule has 0 saturated carbocycles. The second-order valence-electron chi connectivity index (χ2n) is 7.45. The summed E-state index contributed by atoms with van der Waals surface area (Å²) in [4.78, 5) is 32.9. The molecule has 3 aromatic rings. The van der Waals surface area contributed by atoms with E-state index in [1.54, 1.807) is 9.47 Å². The number of nitrogens with zero attached hydrogens (tertiary/aromatic N) is 3. The Bertz CT molecular complexity index is 1070. The highest BCUT2D eigenvalue weighted by Crippen LogP contribution is 2.25. The Balaban J connectivity index is 2.02. The van der Waals surface area contributed by atoms with E-state index in [-0.39, 0.29) is 17.6 Å². The van der Waals surface area contributed by atoms with Crippen LogP contribution in [0.3, 0.4) is 0 Å². The molecule has 0 aliphatic rings. The van der Waals surface area contributed by atoms with Gasteiger partial charge in [0.2, 0.25) is 0 Å². The van der Waals surface area contributed by atoms with Crippen LogP contribution < -0.4 is 10.9 Å². The van der Waals surface area contributed by atoms with Crippen LogP contribution in [0.15, 0.2) is 53.3 Å². The number of para-hydroxylation sites is 1. The van der Waals surface area contributed by atoms with Gasteiger partial charge in [-0.1, -0.05) is 43.7 Å². The summed E-state index contributed by atoms with van der Waals surface area (Å²) in [6.07, 6.45) is 1.47. The predicted molar refractivity (Wildman–Crippen MR) is 122 cm³/mol. The summed E-state index contributed by atoms with van der Waals surface area (Å²) in [6, 6.07) is 14.6. The molecule has 2 amide bonds. The van der Waals surface area contributed by atoms with E-state index < -0.39 is 0 Å². The number of rotatable bonds is 7. The number of hydrogen-bond acceptors (Lipinski definition) is 3. The van der Waals surface area contributed by atoms with Crippen molar-refractivity contribution in [3.05, 3.63) is 70.3 Å². The van der Waals surface area contributed by atoms with Gasteiger partial charge in [0.15, 0.2) is 0 Å². The highest BCUT2D eigenvalue weighted by Gasteiger charge is 2.27. The van der Waals surface area contributed by atoms with Crippen molar-refractivity contribution >= 4 is 22.6 Å². The molecule has 3 rings (SSSR count). The maximum Gasteiger partial charge on any atom is 0.322 e. The van der Waals surface area contributed by atoms with E-state index in [1.165, 1.54) is 0 Å². The van der Waals surface area contributed by atoms with Crippen molar-refractivity contribution in [2.75, 3.05) is 11.9 Å². The van der Waals surface area contributed by atoms with E-state index >= 15 is 0 Å². The molecule has 2 aromatic carbocycles. The fourth-order valence-corrected chi connectivity index (χ4v) is 3.76. The Labute approximate surface area is 177 Å². The molecular formula is C24H30N4O2. The Morgan fingerprint density at radius 3 is 2.43 bits per heavy atom. The van der Waals surface area contributed by atoms with Gasteiger partial charge in [0.25, 0.3) is 5.56 Å². The summed E-state index contributed by atoms with van der Waals surface area (Å²) in [5, 5.41) is 3.59. The number of carbonyl (C=O) groups excluding carboxylic acids is 1. The van der Waals surface area contributed by atoms with Crippen molar-refractivity contribution < 1.29 is 4.79 Å². The van der Waals surface area contributed by atoms with E-state index in [4.69, 9.17) is 4.98 Å². The molecule has 0 saturated heterocycles. The molecule has 0 aliphatic heterocycles. The lowest BCUT2D eigenvalue weighted by Gasteiger charge is -2.31. The first-order valence-corrected chi connectivity index (χ1v) is 10.6. The van der Waals surface area contributed by atoms with Gasteiger partial charge < -0.3 is 10.2 Å². The topological polar surface area (TPSA) is 67.2 Å². The van der Waals surface area contributed by atoms with Gasteiger partial charge in [0.05, 0.1) is 16.9 Å². The summed E-state index contributed by atoms with van der Waals surface area (Å²) >= 11 is 0. The van der Waals surface area contributed by atoms with Crippen LogP contribution in [-0.2, 0) is 6.54 Å². The van der Waals surface area contributed by atoms with Crippen molar-refractivity contribution in [3.63, 3.8) is 0 Å². The van der Waals surface area contributed by atoms with Gasteiger partial charge in [0.1, 0.15) is 5.82 Å². The Morgan fingerprint density at radius 2 is 1.80 bits per heavy atom. The monoisotopic (exact) mass is 406 g/mol. The molecular weight excluding hydrogens is 376 g/mol. The van der Waals surface area contributed by atoms with Crippen LogP contribution in [0, 0.1) is 6.92 Å². The molecule has 30 heavy (non-hydrogen) atoms. The molecule has 1 N–H and O–H groups in total. The smallest absolute Gasteiger partial charge is 0.315 e. The average Bonchev–Trinajstić information content (AvgIpc) is 2.75. The number of amides is 2. The van der Waals surface area contributed by atoms with Crippen LogP contribution in [0.4, 0.5) is 10.5 Å². The van der Waals surface area contributed by atoms with Gasteiger partial charge >= 0.3 is 6.03 Å². The lowest BCUT2D eigenvalue weighted by atomic mass is 10.1. The zero-order valence-electron chi connectivity index (χ0n) is 18.2. The van der Waals surface area contributed by atoms with Crippen LogP contribution >= 0.6 is 0 Å². The number of urea groups is 1. The van der Waals surface area contributed by atoms with E-state index in [1.807, 2.05) is 76.2 Å². The highest BCUT2D eigenvalue weighted by molar-refractivity contribution is 5.89. The van der Waals surface area contributed by atoms with Crippen molar-refractivity contribution in [3.8, 4) is 0 Å². The summed E-state index contributed by atoms with van der Waals surface area (Å²) in [7, 11) is 0. The maximum absolute atomic E-state index is 13.2. The third kappa shape index (κ3) is 4.37. The van der Waals surface area contributed by atoms with E-state index in [9.17, 15) is 9.59 Å². The van der Waals surface area contributed by atoms with Gasteiger partial charge in [0, 0.05) is 18.8 Å². The summed E-state index contributed by atoms with van der Waals surface area (Å²) in [5.74, 6) is 0.643. The highest BCUT2D eigenvalue weighted by atomic mass is 16.2. The lowest BCUT2D eigenvalue weighted by Crippen LogP contribution is -2.41. The van der Waals surface area contributed by atoms with Gasteiger partial charge in [-0.2, -0.15) is 0 Å². The number of benzene rings is 2. The first kappa shape index (κ1) is 21.6. The maximum atomic E-state index is 13.2. The second kappa shape index (κ2) is 9.57. The molecule has 1 unspecified atom stereocenters. The fourth-order valence-electron chi connectivity index (χ4n) is 3.76. The number of anilines is 1. The third-order valence-electron chi connectivity index (χ3n) is 5.30. The molecule has 0 aliphatic carbocycles. The molecule has 6 heteroatoms. The van der Waals surface area contributed by atoms with Gasteiger partial charge in [-0.15, -0.1) is 0 Å². The van der Waals surface area contributed by atoms with Crippen LogP contribution in [-0.4, -0.2) is 27.0 Å². The summed E-state index contributed by atoms with van der Waals surface area (Å²) in [6.45, 7) is 9.08. The minimum atomic E-state index is -0.302. The first-order valence-electron chi connectivity index (χ1n) is 10.6. The van der Waals surface area contributed by atoms with Crippen LogP contribution in [0.2, 0.25) is 0 Å². The molecule has 1 atom stereocenters. The second-order valence-corrected chi connectivity index (χ2v) is 7.45. The number of nitrogens with one attached hydrogen (secondary N) is 1.